The number of para-hydroxylation sites is 1. The molecule has 0 radical (unpaired) electrons. The predicted octanol–water partition coefficient (Wildman–Crippen LogP) is 3.35. The van der Waals surface area contributed by atoms with Crippen molar-refractivity contribution in [3.8, 4) is 0 Å². The van der Waals surface area contributed by atoms with Crippen molar-refractivity contribution in [3.63, 3.8) is 0 Å². The van der Waals surface area contributed by atoms with E-state index in [1.165, 1.54) is 0 Å². The lowest BCUT2D eigenvalue weighted by Crippen LogP contribution is -2.53. The van der Waals surface area contributed by atoms with Crippen LogP contribution in [-0.2, 0) is 0 Å². The van der Waals surface area contributed by atoms with Gasteiger partial charge in [-0.05, 0) is 51.2 Å². The van der Waals surface area contributed by atoms with Crippen LogP contribution in [0.1, 0.15) is 20.8 Å². The molecule has 1 aromatic carbocycles. The van der Waals surface area contributed by atoms with Crippen LogP contribution >= 0.6 is 24.8 Å². The molecule has 0 saturated carbocycles. The molecule has 1 N–H and O–H groups in total. The molecule has 0 fully saturated rings. The molecule has 1 aliphatic heterocycles. The number of thiocarbonyl (C=S) groups is 1. The van der Waals surface area contributed by atoms with Crippen LogP contribution in [0.25, 0.3) is 0 Å². The lowest BCUT2D eigenvalue weighted by atomic mass is 10.0. The Labute approximate surface area is 113 Å². The van der Waals surface area contributed by atoms with Gasteiger partial charge in [-0.3, -0.25) is 4.90 Å². The second-order valence-corrected chi connectivity index (χ2v) is 5.63. The fraction of sp³-hybridized carbons (Fsp3) is 0.308. The van der Waals surface area contributed by atoms with E-state index in [9.17, 15) is 0 Å². The molecule has 4 heteroatoms. The van der Waals surface area contributed by atoms with Crippen LogP contribution in [0.15, 0.2) is 40.9 Å². The summed E-state index contributed by atoms with van der Waals surface area (Å²) >= 11 is 9.91. The second kappa shape index (κ2) is 4.35. The molecule has 2 nitrogen and oxygen atoms in total. The monoisotopic (exact) mass is 264 g/mol. The highest BCUT2D eigenvalue weighted by atomic mass is 32.1. The molecule has 0 unspecified atom stereocenters. The Balaban J connectivity index is 2.47. The minimum atomic E-state index is -0.0940. The highest BCUT2D eigenvalue weighted by Gasteiger charge is 2.28. The quantitative estimate of drug-likeness (QED) is 0.598. The van der Waals surface area contributed by atoms with Crippen molar-refractivity contribution in [1.82, 2.24) is 5.32 Å². The molecule has 0 spiro atoms. The van der Waals surface area contributed by atoms with Gasteiger partial charge in [0.05, 0.1) is 11.2 Å². The van der Waals surface area contributed by atoms with Crippen molar-refractivity contribution >= 4 is 35.6 Å². The summed E-state index contributed by atoms with van der Waals surface area (Å²) in [4.78, 5) is 2.94. The summed E-state index contributed by atoms with van der Waals surface area (Å²) in [5, 5.41) is 4.03. The number of rotatable bonds is 1. The third-order valence-electron chi connectivity index (χ3n) is 2.68. The molecular formula is C13H16N2S2. The van der Waals surface area contributed by atoms with Gasteiger partial charge in [-0.2, -0.15) is 0 Å². The van der Waals surface area contributed by atoms with Crippen molar-refractivity contribution in [2.45, 2.75) is 31.2 Å². The van der Waals surface area contributed by atoms with Crippen LogP contribution in [0.3, 0.4) is 0 Å². The Morgan fingerprint density at radius 1 is 1.29 bits per heavy atom. The topological polar surface area (TPSA) is 15.3 Å². The molecule has 0 saturated heterocycles. The van der Waals surface area contributed by atoms with E-state index in [1.807, 2.05) is 29.2 Å². The summed E-state index contributed by atoms with van der Waals surface area (Å²) in [7, 11) is 0. The number of allylic oxidation sites excluding steroid dienone is 1. The number of nitrogens with one attached hydrogen (secondary N) is 1. The summed E-state index contributed by atoms with van der Waals surface area (Å²) in [6, 6.07) is 7.94. The van der Waals surface area contributed by atoms with Crippen LogP contribution in [0, 0.1) is 0 Å². The lowest BCUT2D eigenvalue weighted by Gasteiger charge is -2.38. The largest absolute Gasteiger partial charge is 0.354 e. The molecule has 0 atom stereocenters. The first-order valence-corrected chi connectivity index (χ1v) is 6.36. The van der Waals surface area contributed by atoms with E-state index in [1.54, 1.807) is 0 Å². The van der Waals surface area contributed by atoms with Crippen LogP contribution in [0.2, 0.25) is 0 Å². The fourth-order valence-electron chi connectivity index (χ4n) is 2.07. The summed E-state index contributed by atoms with van der Waals surface area (Å²) in [6.07, 6.45) is 2.17. The fourth-order valence-corrected chi connectivity index (χ4v) is 2.83. The molecular weight excluding hydrogens is 248 g/mol. The Kier molecular flexibility index (Phi) is 3.19. The van der Waals surface area contributed by atoms with Gasteiger partial charge in [0, 0.05) is 10.6 Å². The third kappa shape index (κ3) is 2.48. The average molecular weight is 264 g/mol. The molecule has 0 aliphatic carbocycles. The average Bonchev–Trinajstić information content (AvgIpc) is 2.17. The Hall–Kier alpha value is -1.00. The molecule has 0 amide bonds. The SMILES string of the molecule is CC1=CC(C)(C)NC(=S)N1c1ccccc1S. The van der Waals surface area contributed by atoms with E-state index < -0.39 is 0 Å². The summed E-state index contributed by atoms with van der Waals surface area (Å²) < 4.78 is 0. The van der Waals surface area contributed by atoms with E-state index in [0.29, 0.717) is 0 Å². The van der Waals surface area contributed by atoms with Crippen molar-refractivity contribution in [1.29, 1.82) is 0 Å². The highest BCUT2D eigenvalue weighted by molar-refractivity contribution is 7.81. The van der Waals surface area contributed by atoms with Gasteiger partial charge < -0.3 is 5.32 Å². The third-order valence-corrected chi connectivity index (χ3v) is 3.34. The molecule has 1 aliphatic rings. The Bertz CT molecular complexity index is 492. The molecule has 1 heterocycles. The van der Waals surface area contributed by atoms with Crippen molar-refractivity contribution in [2.75, 3.05) is 4.90 Å². The van der Waals surface area contributed by atoms with E-state index in [2.05, 4.69) is 44.8 Å². The van der Waals surface area contributed by atoms with Crippen LogP contribution < -0.4 is 10.2 Å². The van der Waals surface area contributed by atoms with Gasteiger partial charge in [-0.1, -0.05) is 12.1 Å². The summed E-state index contributed by atoms with van der Waals surface area (Å²) in [6.45, 7) is 6.27. The van der Waals surface area contributed by atoms with Crippen LogP contribution in [0.4, 0.5) is 5.69 Å². The van der Waals surface area contributed by atoms with Crippen LogP contribution in [-0.4, -0.2) is 10.7 Å². The molecule has 0 aromatic heterocycles. The zero-order chi connectivity index (χ0) is 12.6. The van der Waals surface area contributed by atoms with Crippen molar-refractivity contribution in [2.24, 2.45) is 0 Å². The maximum Gasteiger partial charge on any atom is 0.178 e. The minimum Gasteiger partial charge on any atom is -0.354 e. The Morgan fingerprint density at radius 2 is 1.94 bits per heavy atom. The van der Waals surface area contributed by atoms with Crippen molar-refractivity contribution < 1.29 is 0 Å². The van der Waals surface area contributed by atoms with E-state index in [4.69, 9.17) is 12.2 Å². The maximum atomic E-state index is 5.43. The van der Waals surface area contributed by atoms with Gasteiger partial charge in [0.1, 0.15) is 0 Å². The summed E-state index contributed by atoms with van der Waals surface area (Å²) in [5.41, 5.74) is 2.04. The first kappa shape index (κ1) is 12.5. The zero-order valence-electron chi connectivity index (χ0n) is 10.2. The highest BCUT2D eigenvalue weighted by Crippen LogP contribution is 2.30. The summed E-state index contributed by atoms with van der Waals surface area (Å²) in [5.74, 6) is 0. The van der Waals surface area contributed by atoms with Crippen LogP contribution in [0.5, 0.6) is 0 Å². The smallest absolute Gasteiger partial charge is 0.178 e. The number of anilines is 1. The Morgan fingerprint density at radius 3 is 2.53 bits per heavy atom. The number of thiol groups is 1. The van der Waals surface area contributed by atoms with Gasteiger partial charge >= 0.3 is 0 Å². The predicted molar refractivity (Wildman–Crippen MR) is 79.7 cm³/mol. The minimum absolute atomic E-state index is 0.0940. The van der Waals surface area contributed by atoms with Gasteiger partial charge in [0.25, 0.3) is 0 Å². The lowest BCUT2D eigenvalue weighted by molar-refractivity contribution is 0.559. The normalized spacial score (nSPS) is 18.7. The molecule has 1 aromatic rings. The van der Waals surface area contributed by atoms with Gasteiger partial charge in [-0.15, -0.1) is 12.6 Å². The van der Waals surface area contributed by atoms with Gasteiger partial charge in [0.2, 0.25) is 0 Å². The van der Waals surface area contributed by atoms with E-state index in [-0.39, 0.29) is 5.54 Å². The number of nitrogens with zero attached hydrogens (tertiary/aromatic N) is 1. The van der Waals surface area contributed by atoms with Crippen molar-refractivity contribution in [3.05, 3.63) is 36.0 Å². The first-order chi connectivity index (χ1) is 7.91. The van der Waals surface area contributed by atoms with Gasteiger partial charge in [0.15, 0.2) is 5.11 Å². The first-order valence-electron chi connectivity index (χ1n) is 5.50. The second-order valence-electron chi connectivity index (χ2n) is 4.76. The van der Waals surface area contributed by atoms with E-state index in [0.717, 1.165) is 21.4 Å². The molecule has 0 bridgehead atoms. The standard InChI is InChI=1S/C13H16N2S2/c1-9-8-13(2,3)14-12(17)15(9)10-6-4-5-7-11(10)16/h4-8,16H,1-3H3,(H,14,17). The number of hydrogen-bond donors (Lipinski definition) is 2. The van der Waals surface area contributed by atoms with E-state index >= 15 is 0 Å². The molecule has 17 heavy (non-hydrogen) atoms. The maximum absolute atomic E-state index is 5.43. The zero-order valence-corrected chi connectivity index (χ0v) is 11.9. The number of hydrogen-bond acceptors (Lipinski definition) is 2. The molecule has 2 rings (SSSR count). The van der Waals surface area contributed by atoms with Gasteiger partial charge in [-0.25, -0.2) is 0 Å². The molecule has 90 valence electrons. The number of benzene rings is 1.